The molecule has 2 aromatic heterocycles. The molecule has 0 saturated heterocycles. The largest absolute Gasteiger partial charge is 0.478 e. The number of hydrogen-bond acceptors (Lipinski definition) is 2. The second-order valence-corrected chi connectivity index (χ2v) is 5.75. The van der Waals surface area contributed by atoms with Crippen LogP contribution in [0, 0.1) is 12.8 Å². The fraction of sp³-hybridized carbons (Fsp3) is 0.500. The molecule has 106 valence electrons. The van der Waals surface area contributed by atoms with Gasteiger partial charge in [0, 0.05) is 23.8 Å². The quantitative estimate of drug-likeness (QED) is 0.928. The molecule has 0 aliphatic heterocycles. The minimum absolute atomic E-state index is 0.406. The van der Waals surface area contributed by atoms with E-state index in [0.29, 0.717) is 11.5 Å². The van der Waals surface area contributed by atoms with Gasteiger partial charge in [-0.05, 0) is 37.8 Å². The number of carboxylic acid groups (broad SMARTS) is 1. The Balaban J connectivity index is 2.05. The molecule has 1 N–H and O–H groups in total. The van der Waals surface area contributed by atoms with Crippen molar-refractivity contribution in [3.63, 3.8) is 0 Å². The Labute approximate surface area is 118 Å². The molecule has 3 rings (SSSR count). The molecule has 4 nitrogen and oxygen atoms in total. The number of fused-ring (bicyclic) bond motifs is 1. The third kappa shape index (κ3) is 2.19. The summed E-state index contributed by atoms with van der Waals surface area (Å²) in [5.74, 6) is -0.204. The van der Waals surface area contributed by atoms with Crippen molar-refractivity contribution in [2.45, 2.75) is 45.6 Å². The first kappa shape index (κ1) is 13.2. The van der Waals surface area contributed by atoms with E-state index in [0.717, 1.165) is 23.3 Å². The zero-order valence-electron chi connectivity index (χ0n) is 11.8. The fourth-order valence-electron chi connectivity index (χ4n) is 3.42. The molecule has 1 fully saturated rings. The van der Waals surface area contributed by atoms with Gasteiger partial charge in [-0.2, -0.15) is 0 Å². The van der Waals surface area contributed by atoms with Crippen LogP contribution in [0.2, 0.25) is 0 Å². The van der Waals surface area contributed by atoms with Gasteiger partial charge in [-0.3, -0.25) is 0 Å². The Hall–Kier alpha value is -1.84. The van der Waals surface area contributed by atoms with Crippen molar-refractivity contribution in [3.8, 4) is 0 Å². The van der Waals surface area contributed by atoms with Gasteiger partial charge in [-0.25, -0.2) is 9.78 Å². The summed E-state index contributed by atoms with van der Waals surface area (Å²) in [6, 6.07) is 3.66. The third-order valence-corrected chi connectivity index (χ3v) is 4.46. The topological polar surface area (TPSA) is 55.1 Å². The number of carbonyl (C=O) groups is 1. The fourth-order valence-corrected chi connectivity index (χ4v) is 3.42. The van der Waals surface area contributed by atoms with Crippen LogP contribution < -0.4 is 0 Å². The average molecular weight is 272 g/mol. The van der Waals surface area contributed by atoms with Gasteiger partial charge in [0.2, 0.25) is 0 Å². The highest BCUT2D eigenvalue weighted by atomic mass is 16.4. The van der Waals surface area contributed by atoms with Crippen LogP contribution in [0.1, 0.15) is 48.2 Å². The van der Waals surface area contributed by atoms with Crippen molar-refractivity contribution in [2.75, 3.05) is 0 Å². The molecule has 0 aromatic carbocycles. The number of rotatable bonds is 3. The molecular weight excluding hydrogens is 252 g/mol. The van der Waals surface area contributed by atoms with Gasteiger partial charge in [-0.15, -0.1) is 0 Å². The minimum Gasteiger partial charge on any atom is -0.478 e. The first-order chi connectivity index (χ1) is 9.68. The number of nitrogens with zero attached hydrogens (tertiary/aromatic N) is 2. The Bertz CT molecular complexity index is 639. The predicted molar refractivity (Wildman–Crippen MR) is 78.0 cm³/mol. The molecule has 2 heterocycles. The Morgan fingerprint density at radius 1 is 1.40 bits per heavy atom. The Kier molecular flexibility index (Phi) is 3.47. The lowest BCUT2D eigenvalue weighted by molar-refractivity contribution is 0.0698. The molecule has 0 spiro atoms. The summed E-state index contributed by atoms with van der Waals surface area (Å²) in [5.41, 5.74) is 2.05. The lowest BCUT2D eigenvalue weighted by Gasteiger charge is -2.23. The van der Waals surface area contributed by atoms with Gasteiger partial charge in [0.25, 0.3) is 0 Å². The van der Waals surface area contributed by atoms with E-state index in [1.165, 1.54) is 32.1 Å². The molecular formula is C16H20N2O2. The minimum atomic E-state index is -0.858. The van der Waals surface area contributed by atoms with E-state index in [1.54, 1.807) is 12.3 Å². The molecule has 0 radical (unpaired) electrons. The molecule has 1 aliphatic rings. The second kappa shape index (κ2) is 5.27. The van der Waals surface area contributed by atoms with E-state index in [4.69, 9.17) is 0 Å². The highest BCUT2D eigenvalue weighted by Crippen LogP contribution is 2.29. The lowest BCUT2D eigenvalue weighted by atomic mass is 9.89. The molecule has 1 saturated carbocycles. The second-order valence-electron chi connectivity index (χ2n) is 5.75. The summed E-state index contributed by atoms with van der Waals surface area (Å²) >= 11 is 0. The third-order valence-electron chi connectivity index (χ3n) is 4.46. The van der Waals surface area contributed by atoms with Crippen molar-refractivity contribution < 1.29 is 9.90 Å². The Morgan fingerprint density at radius 3 is 2.85 bits per heavy atom. The van der Waals surface area contributed by atoms with Gasteiger partial charge in [-0.1, -0.05) is 19.3 Å². The first-order valence-corrected chi connectivity index (χ1v) is 7.35. The van der Waals surface area contributed by atoms with Crippen LogP contribution in [-0.4, -0.2) is 20.6 Å². The van der Waals surface area contributed by atoms with E-state index < -0.39 is 5.97 Å². The maximum Gasteiger partial charge on any atom is 0.338 e. The van der Waals surface area contributed by atoms with Gasteiger partial charge >= 0.3 is 5.97 Å². The van der Waals surface area contributed by atoms with E-state index in [-0.39, 0.29) is 0 Å². The maximum absolute atomic E-state index is 11.5. The summed E-state index contributed by atoms with van der Waals surface area (Å²) in [6.45, 7) is 2.79. The van der Waals surface area contributed by atoms with Crippen molar-refractivity contribution in [2.24, 2.45) is 5.92 Å². The van der Waals surface area contributed by atoms with Crippen molar-refractivity contribution in [1.82, 2.24) is 9.55 Å². The van der Waals surface area contributed by atoms with E-state index in [9.17, 15) is 9.90 Å². The van der Waals surface area contributed by atoms with Gasteiger partial charge in [0.15, 0.2) is 0 Å². The molecule has 0 atom stereocenters. The van der Waals surface area contributed by atoms with Crippen LogP contribution in [0.3, 0.4) is 0 Å². The van der Waals surface area contributed by atoms with Gasteiger partial charge in [0.1, 0.15) is 5.65 Å². The standard InChI is InChI=1S/C16H20N2O2/c1-11-14(16(19)20)13-8-5-9-17-15(13)18(11)10-12-6-3-2-4-7-12/h5,8-9,12H,2-4,6-7,10H2,1H3,(H,19,20). The summed E-state index contributed by atoms with van der Waals surface area (Å²) in [4.78, 5) is 15.9. The number of aromatic nitrogens is 2. The molecule has 1 aliphatic carbocycles. The molecule has 0 bridgehead atoms. The summed E-state index contributed by atoms with van der Waals surface area (Å²) in [6.07, 6.45) is 8.15. The van der Waals surface area contributed by atoms with Crippen LogP contribution in [0.15, 0.2) is 18.3 Å². The van der Waals surface area contributed by atoms with E-state index in [2.05, 4.69) is 9.55 Å². The summed E-state index contributed by atoms with van der Waals surface area (Å²) in [7, 11) is 0. The van der Waals surface area contributed by atoms with Crippen LogP contribution in [-0.2, 0) is 6.54 Å². The number of pyridine rings is 1. The van der Waals surface area contributed by atoms with Crippen LogP contribution in [0.5, 0.6) is 0 Å². The van der Waals surface area contributed by atoms with Crippen LogP contribution in [0.4, 0.5) is 0 Å². The molecule has 2 aromatic rings. The van der Waals surface area contributed by atoms with Crippen molar-refractivity contribution in [3.05, 3.63) is 29.6 Å². The molecule has 0 amide bonds. The Morgan fingerprint density at radius 2 is 2.15 bits per heavy atom. The molecule has 20 heavy (non-hydrogen) atoms. The van der Waals surface area contributed by atoms with Crippen molar-refractivity contribution >= 4 is 17.0 Å². The number of hydrogen-bond donors (Lipinski definition) is 1. The smallest absolute Gasteiger partial charge is 0.338 e. The molecule has 4 heteroatoms. The monoisotopic (exact) mass is 272 g/mol. The van der Waals surface area contributed by atoms with Crippen molar-refractivity contribution in [1.29, 1.82) is 0 Å². The van der Waals surface area contributed by atoms with Gasteiger partial charge < -0.3 is 9.67 Å². The summed E-state index contributed by atoms with van der Waals surface area (Å²) < 4.78 is 2.11. The number of carboxylic acids is 1. The lowest BCUT2D eigenvalue weighted by Crippen LogP contribution is -2.15. The van der Waals surface area contributed by atoms with Gasteiger partial charge in [0.05, 0.1) is 5.56 Å². The van der Waals surface area contributed by atoms with E-state index in [1.807, 2.05) is 13.0 Å². The predicted octanol–water partition coefficient (Wildman–Crippen LogP) is 3.62. The normalized spacial score (nSPS) is 16.6. The number of aromatic carboxylic acids is 1. The molecule has 0 unspecified atom stereocenters. The van der Waals surface area contributed by atoms with E-state index >= 15 is 0 Å². The first-order valence-electron chi connectivity index (χ1n) is 7.35. The highest BCUT2D eigenvalue weighted by molar-refractivity contribution is 6.03. The van der Waals surface area contributed by atoms with Crippen LogP contribution in [0.25, 0.3) is 11.0 Å². The average Bonchev–Trinajstić information content (AvgIpc) is 2.73. The van der Waals surface area contributed by atoms with Crippen LogP contribution >= 0.6 is 0 Å². The SMILES string of the molecule is Cc1c(C(=O)O)c2cccnc2n1CC1CCCCC1. The maximum atomic E-state index is 11.5. The highest BCUT2D eigenvalue weighted by Gasteiger charge is 2.22. The zero-order valence-corrected chi connectivity index (χ0v) is 11.8. The zero-order chi connectivity index (χ0) is 14.1. The summed E-state index contributed by atoms with van der Waals surface area (Å²) in [5, 5.41) is 10.2.